The van der Waals surface area contributed by atoms with Crippen LogP contribution >= 0.6 is 0 Å². The van der Waals surface area contributed by atoms with Gasteiger partial charge in [0.2, 0.25) is 11.8 Å². The van der Waals surface area contributed by atoms with Crippen LogP contribution in [-0.4, -0.2) is 48.1 Å². The summed E-state index contributed by atoms with van der Waals surface area (Å²) in [6.45, 7) is 2.22. The Kier molecular flexibility index (Phi) is 5.03. The molecule has 0 aromatic heterocycles. The van der Waals surface area contributed by atoms with Crippen LogP contribution in [0.4, 0.5) is 0 Å². The second-order valence-corrected chi connectivity index (χ2v) is 8.69. The van der Waals surface area contributed by atoms with Crippen molar-refractivity contribution < 1.29 is 14.3 Å². The second kappa shape index (κ2) is 7.26. The summed E-state index contributed by atoms with van der Waals surface area (Å²) in [6, 6.07) is 0.244. The van der Waals surface area contributed by atoms with Crippen LogP contribution in [0.15, 0.2) is 0 Å². The van der Waals surface area contributed by atoms with Crippen molar-refractivity contribution in [3.63, 3.8) is 0 Å². The quantitative estimate of drug-likeness (QED) is 0.853. The lowest BCUT2D eigenvalue weighted by molar-refractivity contribution is -0.138. The van der Waals surface area contributed by atoms with Crippen molar-refractivity contribution >= 4 is 11.8 Å². The maximum absolute atomic E-state index is 12.8. The minimum atomic E-state index is -0.0263. The number of rotatable bonds is 3. The molecule has 0 aromatic carbocycles. The van der Waals surface area contributed by atoms with Crippen LogP contribution in [0, 0.1) is 11.8 Å². The molecule has 2 heterocycles. The third-order valence-electron chi connectivity index (χ3n) is 6.63. The van der Waals surface area contributed by atoms with E-state index in [0.29, 0.717) is 6.54 Å². The Morgan fingerprint density at radius 1 is 0.960 bits per heavy atom. The Labute approximate surface area is 150 Å². The standard InChI is InChI=1S/C20H32N2O3/c23-18(16-5-4-11-22(14-16)19(24)15-6-7-15)21-17-8-12-25-20(13-17)9-2-1-3-10-20/h15-17H,1-14H2,(H,21,23)/t16-,17+/m0/s1. The first-order valence-electron chi connectivity index (χ1n) is 10.4. The molecule has 0 aromatic rings. The average Bonchev–Trinajstić information content (AvgIpc) is 3.47. The third-order valence-corrected chi connectivity index (χ3v) is 6.63. The molecule has 5 heteroatoms. The molecule has 2 saturated carbocycles. The van der Waals surface area contributed by atoms with E-state index in [4.69, 9.17) is 4.74 Å². The highest BCUT2D eigenvalue weighted by Crippen LogP contribution is 2.38. The molecule has 140 valence electrons. The van der Waals surface area contributed by atoms with Crippen molar-refractivity contribution in [3.05, 3.63) is 0 Å². The summed E-state index contributed by atoms with van der Waals surface area (Å²) in [4.78, 5) is 27.0. The summed E-state index contributed by atoms with van der Waals surface area (Å²) in [5.74, 6) is 0.668. The molecule has 2 amide bonds. The van der Waals surface area contributed by atoms with Crippen LogP contribution in [0.5, 0.6) is 0 Å². The molecule has 2 aliphatic carbocycles. The maximum atomic E-state index is 12.8. The molecule has 25 heavy (non-hydrogen) atoms. The van der Waals surface area contributed by atoms with Gasteiger partial charge in [0.05, 0.1) is 11.5 Å². The van der Waals surface area contributed by atoms with Crippen molar-refractivity contribution in [3.8, 4) is 0 Å². The van der Waals surface area contributed by atoms with E-state index in [1.54, 1.807) is 0 Å². The molecule has 0 bridgehead atoms. The lowest BCUT2D eigenvalue weighted by Crippen LogP contribution is -2.52. The van der Waals surface area contributed by atoms with Gasteiger partial charge in [0.15, 0.2) is 0 Å². The van der Waals surface area contributed by atoms with Gasteiger partial charge in [-0.1, -0.05) is 19.3 Å². The zero-order valence-electron chi connectivity index (χ0n) is 15.3. The molecular weight excluding hydrogens is 316 g/mol. The van der Waals surface area contributed by atoms with Gasteiger partial charge >= 0.3 is 0 Å². The number of ether oxygens (including phenoxy) is 1. The van der Waals surface area contributed by atoms with Crippen molar-refractivity contribution in [2.75, 3.05) is 19.7 Å². The van der Waals surface area contributed by atoms with Crippen LogP contribution < -0.4 is 5.32 Å². The van der Waals surface area contributed by atoms with E-state index < -0.39 is 0 Å². The number of carbonyl (C=O) groups is 2. The first-order chi connectivity index (χ1) is 12.2. The highest BCUT2D eigenvalue weighted by atomic mass is 16.5. The van der Waals surface area contributed by atoms with Crippen LogP contribution in [0.2, 0.25) is 0 Å². The molecule has 2 aliphatic heterocycles. The van der Waals surface area contributed by atoms with E-state index in [2.05, 4.69) is 5.32 Å². The molecule has 4 fully saturated rings. The number of piperidine rings is 1. The maximum Gasteiger partial charge on any atom is 0.225 e. The summed E-state index contributed by atoms with van der Waals surface area (Å²) in [5, 5.41) is 3.31. The Morgan fingerprint density at radius 3 is 2.52 bits per heavy atom. The van der Waals surface area contributed by atoms with Gasteiger partial charge in [0.25, 0.3) is 0 Å². The second-order valence-electron chi connectivity index (χ2n) is 8.69. The summed E-state index contributed by atoms with van der Waals surface area (Å²) in [5.41, 5.74) is 0.0228. The van der Waals surface area contributed by atoms with Gasteiger partial charge in [0, 0.05) is 31.7 Å². The van der Waals surface area contributed by atoms with Crippen molar-refractivity contribution in [2.45, 2.75) is 82.3 Å². The Morgan fingerprint density at radius 2 is 1.76 bits per heavy atom. The highest BCUT2D eigenvalue weighted by molar-refractivity contribution is 5.83. The van der Waals surface area contributed by atoms with Crippen LogP contribution in [0.25, 0.3) is 0 Å². The number of nitrogens with zero attached hydrogens (tertiary/aromatic N) is 1. The zero-order valence-corrected chi connectivity index (χ0v) is 15.3. The van der Waals surface area contributed by atoms with E-state index >= 15 is 0 Å². The summed E-state index contributed by atoms with van der Waals surface area (Å²) < 4.78 is 6.14. The number of carbonyl (C=O) groups excluding carboxylic acids is 2. The van der Waals surface area contributed by atoms with Crippen molar-refractivity contribution in [2.24, 2.45) is 11.8 Å². The molecule has 0 unspecified atom stereocenters. The fraction of sp³-hybridized carbons (Fsp3) is 0.900. The van der Waals surface area contributed by atoms with Crippen molar-refractivity contribution in [1.82, 2.24) is 10.2 Å². The number of hydrogen-bond acceptors (Lipinski definition) is 3. The Balaban J connectivity index is 1.30. The largest absolute Gasteiger partial charge is 0.375 e. The molecule has 1 N–H and O–H groups in total. The van der Waals surface area contributed by atoms with Gasteiger partial charge in [-0.05, 0) is 51.4 Å². The monoisotopic (exact) mass is 348 g/mol. The molecule has 4 aliphatic rings. The van der Waals surface area contributed by atoms with Crippen LogP contribution in [0.1, 0.15) is 70.6 Å². The van der Waals surface area contributed by atoms with E-state index in [1.807, 2.05) is 4.90 Å². The molecule has 2 atom stereocenters. The topological polar surface area (TPSA) is 58.6 Å². The third kappa shape index (κ3) is 4.02. The highest BCUT2D eigenvalue weighted by Gasteiger charge is 2.40. The molecule has 5 nitrogen and oxygen atoms in total. The SMILES string of the molecule is O=C(N[C@@H]1CCOC2(CCCCC2)C1)[C@H]1CCCN(C(=O)C2CC2)C1. The minimum absolute atomic E-state index is 0.0228. The number of likely N-dealkylation sites (tertiary alicyclic amines) is 1. The fourth-order valence-electron chi connectivity index (χ4n) is 4.99. The van der Waals surface area contributed by atoms with Gasteiger partial charge < -0.3 is 15.0 Å². The first-order valence-corrected chi connectivity index (χ1v) is 10.4. The first kappa shape index (κ1) is 17.3. The predicted molar refractivity (Wildman–Crippen MR) is 95.0 cm³/mol. The number of hydrogen-bond donors (Lipinski definition) is 1. The molecule has 4 rings (SSSR count). The fourth-order valence-corrected chi connectivity index (χ4v) is 4.99. The minimum Gasteiger partial charge on any atom is -0.375 e. The van der Waals surface area contributed by atoms with Gasteiger partial charge in [0.1, 0.15) is 0 Å². The van der Waals surface area contributed by atoms with E-state index in [1.165, 1.54) is 19.3 Å². The summed E-state index contributed by atoms with van der Waals surface area (Å²) >= 11 is 0. The van der Waals surface area contributed by atoms with E-state index in [0.717, 1.165) is 64.5 Å². The van der Waals surface area contributed by atoms with Crippen molar-refractivity contribution in [1.29, 1.82) is 0 Å². The smallest absolute Gasteiger partial charge is 0.225 e. The van der Waals surface area contributed by atoms with E-state index in [9.17, 15) is 9.59 Å². The van der Waals surface area contributed by atoms with Crippen LogP contribution in [0.3, 0.4) is 0 Å². The molecule has 0 radical (unpaired) electrons. The zero-order chi connectivity index (χ0) is 17.3. The van der Waals surface area contributed by atoms with Gasteiger partial charge in [-0.15, -0.1) is 0 Å². The number of amides is 2. The normalized spacial score (nSPS) is 32.4. The number of nitrogens with one attached hydrogen (secondary N) is 1. The predicted octanol–water partition coefficient (Wildman–Crippen LogP) is 2.63. The van der Waals surface area contributed by atoms with Gasteiger partial charge in [-0.25, -0.2) is 0 Å². The van der Waals surface area contributed by atoms with E-state index in [-0.39, 0.29) is 35.3 Å². The van der Waals surface area contributed by atoms with Gasteiger partial charge in [-0.3, -0.25) is 9.59 Å². The Hall–Kier alpha value is -1.10. The molecule has 1 spiro atoms. The molecule has 2 saturated heterocycles. The van der Waals surface area contributed by atoms with Gasteiger partial charge in [-0.2, -0.15) is 0 Å². The lowest BCUT2D eigenvalue weighted by Gasteiger charge is -2.44. The lowest BCUT2D eigenvalue weighted by atomic mass is 9.78. The van der Waals surface area contributed by atoms with Crippen LogP contribution in [-0.2, 0) is 14.3 Å². The average molecular weight is 348 g/mol. The summed E-state index contributed by atoms with van der Waals surface area (Å²) in [6.07, 6.45) is 11.9. The Bertz CT molecular complexity index is 506. The molecular formula is C20H32N2O3. The summed E-state index contributed by atoms with van der Waals surface area (Å²) in [7, 11) is 0.